The maximum absolute atomic E-state index is 6.55. The van der Waals surface area contributed by atoms with Crippen LogP contribution in [0.15, 0.2) is 28.7 Å². The highest BCUT2D eigenvalue weighted by Crippen LogP contribution is 2.38. The maximum Gasteiger partial charge on any atom is 0.101 e. The summed E-state index contributed by atoms with van der Waals surface area (Å²) < 4.78 is 7.68. The number of rotatable bonds is 5. The van der Waals surface area contributed by atoms with E-state index in [2.05, 4.69) is 70.0 Å². The van der Waals surface area contributed by atoms with Gasteiger partial charge in [0.1, 0.15) is 5.60 Å². The van der Waals surface area contributed by atoms with Gasteiger partial charge < -0.3 is 4.74 Å². The molecule has 2 rings (SSSR count). The second-order valence-corrected chi connectivity index (χ2v) is 7.44. The van der Waals surface area contributed by atoms with E-state index in [4.69, 9.17) is 4.74 Å². The van der Waals surface area contributed by atoms with Gasteiger partial charge >= 0.3 is 0 Å². The number of ether oxygens (including phenoxy) is 1. The summed E-state index contributed by atoms with van der Waals surface area (Å²) in [5.74, 6) is 0.840. The van der Waals surface area contributed by atoms with Crippen LogP contribution in [0.4, 0.5) is 0 Å². The largest absolute Gasteiger partial charge is 0.366 e. The fraction of sp³-hybridized carbons (Fsp3) is 0.647. The molecule has 0 aliphatic heterocycles. The van der Waals surface area contributed by atoms with Crippen molar-refractivity contribution in [3.8, 4) is 0 Å². The summed E-state index contributed by atoms with van der Waals surface area (Å²) in [6, 6.07) is 8.39. The maximum atomic E-state index is 6.55. The Bertz CT molecular complexity index is 435. The lowest BCUT2D eigenvalue weighted by Gasteiger charge is -2.37. The first-order chi connectivity index (χ1) is 9.59. The molecular formula is C17H24Br2O. The van der Waals surface area contributed by atoms with E-state index in [0.29, 0.717) is 6.10 Å². The van der Waals surface area contributed by atoms with Gasteiger partial charge in [0.2, 0.25) is 0 Å². The molecule has 1 aromatic carbocycles. The normalized spacial score (nSPS) is 26.2. The summed E-state index contributed by atoms with van der Waals surface area (Å²) >= 11 is 7.32. The molecule has 1 nitrogen and oxygen atoms in total. The van der Waals surface area contributed by atoms with Crippen molar-refractivity contribution in [2.45, 2.75) is 57.7 Å². The van der Waals surface area contributed by atoms with E-state index in [1.165, 1.54) is 37.7 Å². The van der Waals surface area contributed by atoms with Gasteiger partial charge in [-0.1, -0.05) is 76.2 Å². The van der Waals surface area contributed by atoms with Crippen LogP contribution in [-0.2, 0) is 10.3 Å². The van der Waals surface area contributed by atoms with Crippen LogP contribution in [0.2, 0.25) is 0 Å². The van der Waals surface area contributed by atoms with Crippen molar-refractivity contribution in [3.63, 3.8) is 0 Å². The van der Waals surface area contributed by atoms with Crippen molar-refractivity contribution in [2.75, 3.05) is 5.33 Å². The lowest BCUT2D eigenvalue weighted by atomic mass is 9.85. The van der Waals surface area contributed by atoms with Gasteiger partial charge in [-0.3, -0.25) is 0 Å². The minimum atomic E-state index is -0.264. The molecule has 0 bridgehead atoms. The first-order valence-electron chi connectivity index (χ1n) is 7.58. The van der Waals surface area contributed by atoms with Crippen molar-refractivity contribution >= 4 is 31.9 Å². The Balaban J connectivity index is 2.13. The van der Waals surface area contributed by atoms with Crippen molar-refractivity contribution in [1.82, 2.24) is 0 Å². The molecule has 0 spiro atoms. The molecule has 1 aliphatic rings. The molecule has 0 aromatic heterocycles. The van der Waals surface area contributed by atoms with Crippen molar-refractivity contribution < 1.29 is 4.74 Å². The molecule has 0 saturated heterocycles. The topological polar surface area (TPSA) is 9.23 Å². The van der Waals surface area contributed by atoms with Crippen LogP contribution in [0.3, 0.4) is 0 Å². The second-order valence-electron chi connectivity index (χ2n) is 6.03. The summed E-state index contributed by atoms with van der Waals surface area (Å²) in [5, 5.41) is 0.815. The van der Waals surface area contributed by atoms with Gasteiger partial charge in [0.05, 0.1) is 6.10 Å². The van der Waals surface area contributed by atoms with Crippen LogP contribution in [-0.4, -0.2) is 11.4 Å². The molecule has 1 saturated carbocycles. The minimum absolute atomic E-state index is 0.264. The number of hydrogen-bond acceptors (Lipinski definition) is 1. The zero-order valence-electron chi connectivity index (χ0n) is 12.4. The molecule has 3 atom stereocenters. The van der Waals surface area contributed by atoms with Gasteiger partial charge in [0.25, 0.3) is 0 Å². The first kappa shape index (κ1) is 16.5. The molecular weight excluding hydrogens is 380 g/mol. The third-order valence-corrected chi connectivity index (χ3v) is 6.20. The van der Waals surface area contributed by atoms with Gasteiger partial charge in [-0.2, -0.15) is 0 Å². The number of benzene rings is 1. The van der Waals surface area contributed by atoms with Crippen molar-refractivity contribution in [3.05, 3.63) is 34.3 Å². The molecule has 0 amide bonds. The fourth-order valence-corrected chi connectivity index (χ4v) is 4.28. The molecule has 3 heteroatoms. The quantitative estimate of drug-likeness (QED) is 0.544. The Morgan fingerprint density at radius 1 is 1.30 bits per heavy atom. The lowest BCUT2D eigenvalue weighted by Crippen LogP contribution is -2.35. The van der Waals surface area contributed by atoms with Crippen molar-refractivity contribution in [2.24, 2.45) is 5.92 Å². The summed E-state index contributed by atoms with van der Waals surface area (Å²) in [4.78, 5) is 0. The predicted octanol–water partition coefficient (Wildman–Crippen LogP) is 6.04. The average Bonchev–Trinajstić information content (AvgIpc) is 2.47. The van der Waals surface area contributed by atoms with Gasteiger partial charge in [-0.05, 0) is 37.3 Å². The number of halogens is 2. The Hall–Kier alpha value is 0.140. The third-order valence-electron chi connectivity index (χ3n) is 4.44. The van der Waals surface area contributed by atoms with Crippen LogP contribution >= 0.6 is 31.9 Å². The Labute approximate surface area is 139 Å². The molecule has 1 aromatic rings. The zero-order valence-corrected chi connectivity index (χ0v) is 15.5. The predicted molar refractivity (Wildman–Crippen MR) is 92.4 cm³/mol. The van der Waals surface area contributed by atoms with Crippen LogP contribution in [0.5, 0.6) is 0 Å². The van der Waals surface area contributed by atoms with E-state index in [1.54, 1.807) is 0 Å². The average molecular weight is 404 g/mol. The van der Waals surface area contributed by atoms with Crippen LogP contribution in [0.1, 0.15) is 51.5 Å². The van der Waals surface area contributed by atoms with Gasteiger partial charge in [-0.15, -0.1) is 0 Å². The molecule has 20 heavy (non-hydrogen) atoms. The van der Waals surface area contributed by atoms with Gasteiger partial charge in [0.15, 0.2) is 0 Å². The summed E-state index contributed by atoms with van der Waals surface area (Å²) in [5.41, 5.74) is 0.968. The third kappa shape index (κ3) is 3.86. The summed E-state index contributed by atoms with van der Waals surface area (Å²) in [6.45, 7) is 4.49. The SMILES string of the molecule is CCC1CCCC(OC(C)(CBr)c2ccccc2Br)C1. The molecule has 1 fully saturated rings. The molecule has 112 valence electrons. The van der Waals surface area contributed by atoms with Crippen LogP contribution in [0.25, 0.3) is 0 Å². The van der Waals surface area contributed by atoms with Crippen molar-refractivity contribution in [1.29, 1.82) is 0 Å². The van der Waals surface area contributed by atoms with E-state index in [0.717, 1.165) is 15.7 Å². The second kappa shape index (κ2) is 7.42. The molecule has 0 N–H and O–H groups in total. The molecule has 0 radical (unpaired) electrons. The smallest absolute Gasteiger partial charge is 0.101 e. The van der Waals surface area contributed by atoms with E-state index < -0.39 is 0 Å². The minimum Gasteiger partial charge on any atom is -0.366 e. The van der Waals surface area contributed by atoms with Gasteiger partial charge in [-0.25, -0.2) is 0 Å². The molecule has 0 heterocycles. The van der Waals surface area contributed by atoms with Gasteiger partial charge in [0, 0.05) is 9.80 Å². The highest BCUT2D eigenvalue weighted by Gasteiger charge is 2.33. The Morgan fingerprint density at radius 3 is 2.70 bits per heavy atom. The van der Waals surface area contributed by atoms with E-state index in [1.807, 2.05) is 0 Å². The summed E-state index contributed by atoms with van der Waals surface area (Å²) in [7, 11) is 0. The lowest BCUT2D eigenvalue weighted by molar-refractivity contribution is -0.0933. The number of hydrogen-bond donors (Lipinski definition) is 0. The Morgan fingerprint density at radius 2 is 2.05 bits per heavy atom. The van der Waals surface area contributed by atoms with E-state index in [9.17, 15) is 0 Å². The monoisotopic (exact) mass is 402 g/mol. The summed E-state index contributed by atoms with van der Waals surface area (Å²) in [6.07, 6.45) is 6.75. The van der Waals surface area contributed by atoms with E-state index in [-0.39, 0.29) is 5.60 Å². The Kier molecular flexibility index (Phi) is 6.12. The standard InChI is InChI=1S/C17H24Br2O/c1-3-13-7-6-8-14(11-13)20-17(2,12-18)15-9-4-5-10-16(15)19/h4-5,9-10,13-14H,3,6-8,11-12H2,1-2H3. The van der Waals surface area contributed by atoms with E-state index >= 15 is 0 Å². The highest BCUT2D eigenvalue weighted by atomic mass is 79.9. The zero-order chi connectivity index (χ0) is 14.6. The highest BCUT2D eigenvalue weighted by molar-refractivity contribution is 9.10. The van der Waals surface area contributed by atoms with Crippen LogP contribution < -0.4 is 0 Å². The van der Waals surface area contributed by atoms with Crippen LogP contribution in [0, 0.1) is 5.92 Å². The molecule has 3 unspecified atom stereocenters. The fourth-order valence-electron chi connectivity index (χ4n) is 3.14. The first-order valence-corrected chi connectivity index (χ1v) is 9.49. The molecule has 1 aliphatic carbocycles. The number of alkyl halides is 1.